The van der Waals surface area contributed by atoms with Crippen molar-refractivity contribution in [3.05, 3.63) is 29.6 Å². The Kier molecular flexibility index (Phi) is 3.14. The molecule has 1 rings (SSSR count). The van der Waals surface area contributed by atoms with E-state index in [1.165, 1.54) is 0 Å². The Morgan fingerprint density at radius 2 is 1.93 bits per heavy atom. The van der Waals surface area contributed by atoms with Gasteiger partial charge in [0.05, 0.1) is 10.5 Å². The number of rotatable bonds is 2. The smallest absolute Gasteiger partial charge is 0.262 e. The first-order valence-electron chi connectivity index (χ1n) is 3.26. The number of halogens is 3. The summed E-state index contributed by atoms with van der Waals surface area (Å²) in [6.07, 6.45) is 0. The van der Waals surface area contributed by atoms with Crippen LogP contribution < -0.4 is 0 Å². The second-order valence-electron chi connectivity index (χ2n) is 2.35. The van der Waals surface area contributed by atoms with Crippen LogP contribution >= 0.6 is 22.3 Å². The molecule has 0 saturated heterocycles. The zero-order chi connectivity index (χ0) is 10.9. The molecule has 1 aromatic rings. The highest BCUT2D eigenvalue weighted by Gasteiger charge is 2.19. The lowest BCUT2D eigenvalue weighted by molar-refractivity contribution is 0.107. The predicted molar refractivity (Wildman–Crippen MR) is 49.6 cm³/mol. The Hall–Kier alpha value is -0.650. The second-order valence-corrected chi connectivity index (χ2v) is 5.23. The number of carbonyl (C=O) groups is 1. The van der Waals surface area contributed by atoms with Gasteiger partial charge in [-0.05, 0) is 29.8 Å². The van der Waals surface area contributed by atoms with Crippen molar-refractivity contribution >= 4 is 36.6 Å². The summed E-state index contributed by atoms with van der Waals surface area (Å²) in [5.74, 6) is -0.766. The van der Waals surface area contributed by atoms with Gasteiger partial charge in [-0.2, -0.15) is 0 Å². The molecule has 1 aromatic carbocycles. The molecule has 0 heterocycles. The highest BCUT2D eigenvalue weighted by atomic mass is 35.7. The second kappa shape index (κ2) is 3.84. The van der Waals surface area contributed by atoms with E-state index in [4.69, 9.17) is 22.3 Å². The van der Waals surface area contributed by atoms with Crippen molar-refractivity contribution in [2.75, 3.05) is 0 Å². The molecule has 0 bridgehead atoms. The number of hydrogen-bond acceptors (Lipinski definition) is 3. The molecular formula is C7H3Cl2FO3S. The molecule has 0 saturated carbocycles. The van der Waals surface area contributed by atoms with E-state index >= 15 is 0 Å². The van der Waals surface area contributed by atoms with Crippen LogP contribution in [-0.4, -0.2) is 13.7 Å². The maximum absolute atomic E-state index is 12.6. The Morgan fingerprint density at radius 1 is 1.36 bits per heavy atom. The first-order chi connectivity index (χ1) is 6.32. The SMILES string of the molecule is O=C(Cl)c1cc(F)ccc1S(=O)(=O)Cl. The van der Waals surface area contributed by atoms with Gasteiger partial charge in [0.1, 0.15) is 5.82 Å². The van der Waals surface area contributed by atoms with Crippen LogP contribution in [0.2, 0.25) is 0 Å². The summed E-state index contributed by atoms with van der Waals surface area (Å²) in [6.45, 7) is 0. The van der Waals surface area contributed by atoms with Crippen LogP contribution in [0.1, 0.15) is 10.4 Å². The Bertz CT molecular complexity index is 484. The fourth-order valence-electron chi connectivity index (χ4n) is 0.868. The fourth-order valence-corrected chi connectivity index (χ4v) is 2.13. The van der Waals surface area contributed by atoms with Crippen molar-refractivity contribution in [3.8, 4) is 0 Å². The van der Waals surface area contributed by atoms with Crippen molar-refractivity contribution in [2.45, 2.75) is 4.90 Å². The van der Waals surface area contributed by atoms with Gasteiger partial charge in [-0.25, -0.2) is 12.8 Å². The zero-order valence-corrected chi connectivity index (χ0v) is 8.83. The van der Waals surface area contributed by atoms with Crippen molar-refractivity contribution in [2.24, 2.45) is 0 Å². The van der Waals surface area contributed by atoms with E-state index in [0.717, 1.165) is 12.1 Å². The molecule has 7 heteroatoms. The molecule has 14 heavy (non-hydrogen) atoms. The van der Waals surface area contributed by atoms with Gasteiger partial charge in [-0.15, -0.1) is 0 Å². The van der Waals surface area contributed by atoms with E-state index < -0.39 is 30.6 Å². The average Bonchev–Trinajstić information content (AvgIpc) is 2.01. The predicted octanol–water partition coefficient (Wildman–Crippen LogP) is 2.13. The summed E-state index contributed by atoms with van der Waals surface area (Å²) in [5, 5.41) is -1.08. The molecule has 76 valence electrons. The van der Waals surface area contributed by atoms with Crippen LogP contribution in [0.3, 0.4) is 0 Å². The summed E-state index contributed by atoms with van der Waals surface area (Å²) < 4.78 is 34.5. The van der Waals surface area contributed by atoms with Crippen LogP contribution in [-0.2, 0) is 9.05 Å². The molecule has 0 aliphatic rings. The molecular weight excluding hydrogens is 254 g/mol. The molecule has 0 unspecified atom stereocenters. The highest BCUT2D eigenvalue weighted by molar-refractivity contribution is 8.13. The Labute approximate surface area is 88.9 Å². The molecule has 0 amide bonds. The van der Waals surface area contributed by atoms with Crippen molar-refractivity contribution in [1.82, 2.24) is 0 Å². The lowest BCUT2D eigenvalue weighted by Gasteiger charge is -2.01. The van der Waals surface area contributed by atoms with Crippen LogP contribution in [0.15, 0.2) is 23.1 Å². The first-order valence-corrected chi connectivity index (χ1v) is 5.95. The standard InChI is InChI=1S/C7H3Cl2FO3S/c8-7(11)5-3-4(10)1-2-6(5)14(9,12)13/h1-3H. The van der Waals surface area contributed by atoms with Crippen molar-refractivity contribution < 1.29 is 17.6 Å². The zero-order valence-electron chi connectivity index (χ0n) is 6.50. The lowest BCUT2D eigenvalue weighted by atomic mass is 10.2. The third-order valence-electron chi connectivity index (χ3n) is 1.42. The summed E-state index contributed by atoms with van der Waals surface area (Å²) in [6, 6.07) is 2.47. The summed E-state index contributed by atoms with van der Waals surface area (Å²) in [5.41, 5.74) is -0.471. The minimum atomic E-state index is -4.09. The quantitative estimate of drug-likeness (QED) is 0.762. The van der Waals surface area contributed by atoms with Gasteiger partial charge in [0, 0.05) is 10.7 Å². The van der Waals surface area contributed by atoms with Gasteiger partial charge >= 0.3 is 0 Å². The normalized spacial score (nSPS) is 11.4. The summed E-state index contributed by atoms with van der Waals surface area (Å²) >= 11 is 5.06. The highest BCUT2D eigenvalue weighted by Crippen LogP contribution is 2.22. The molecule has 0 radical (unpaired) electrons. The van der Waals surface area contributed by atoms with Gasteiger partial charge < -0.3 is 0 Å². The molecule has 0 spiro atoms. The van der Waals surface area contributed by atoms with Crippen molar-refractivity contribution in [3.63, 3.8) is 0 Å². The molecule has 3 nitrogen and oxygen atoms in total. The largest absolute Gasteiger partial charge is 0.276 e. The molecule has 0 aromatic heterocycles. The Morgan fingerprint density at radius 3 is 2.36 bits per heavy atom. The lowest BCUT2D eigenvalue weighted by Crippen LogP contribution is -2.01. The fraction of sp³-hybridized carbons (Fsp3) is 0. The van der Waals surface area contributed by atoms with Crippen LogP contribution in [0, 0.1) is 5.82 Å². The van der Waals surface area contributed by atoms with E-state index in [9.17, 15) is 17.6 Å². The molecule has 0 aliphatic heterocycles. The van der Waals surface area contributed by atoms with E-state index in [2.05, 4.69) is 0 Å². The minimum absolute atomic E-state index is 0.471. The number of hydrogen-bond donors (Lipinski definition) is 0. The third kappa shape index (κ3) is 2.43. The van der Waals surface area contributed by atoms with E-state index in [1.54, 1.807) is 0 Å². The molecule has 0 N–H and O–H groups in total. The van der Waals surface area contributed by atoms with Gasteiger partial charge in [0.25, 0.3) is 14.3 Å². The van der Waals surface area contributed by atoms with Crippen LogP contribution in [0.4, 0.5) is 4.39 Å². The Balaban J connectivity index is 3.53. The topological polar surface area (TPSA) is 51.2 Å². The van der Waals surface area contributed by atoms with E-state index in [0.29, 0.717) is 6.07 Å². The number of benzene rings is 1. The summed E-state index contributed by atoms with van der Waals surface area (Å²) in [4.78, 5) is 10.2. The van der Waals surface area contributed by atoms with E-state index in [1.807, 2.05) is 0 Å². The maximum Gasteiger partial charge on any atom is 0.262 e. The van der Waals surface area contributed by atoms with Crippen LogP contribution in [0.5, 0.6) is 0 Å². The summed E-state index contributed by atoms with van der Waals surface area (Å²) in [7, 11) is 0.904. The monoisotopic (exact) mass is 256 g/mol. The van der Waals surface area contributed by atoms with Gasteiger partial charge in [0.2, 0.25) is 0 Å². The number of carbonyl (C=O) groups excluding carboxylic acids is 1. The molecule has 0 atom stereocenters. The van der Waals surface area contributed by atoms with Gasteiger partial charge in [-0.1, -0.05) is 0 Å². The van der Waals surface area contributed by atoms with Crippen molar-refractivity contribution in [1.29, 1.82) is 0 Å². The molecule has 0 aliphatic carbocycles. The third-order valence-corrected chi connectivity index (χ3v) is 3.00. The average molecular weight is 257 g/mol. The van der Waals surface area contributed by atoms with Gasteiger partial charge in [0.15, 0.2) is 0 Å². The minimum Gasteiger partial charge on any atom is -0.276 e. The van der Waals surface area contributed by atoms with Crippen LogP contribution in [0.25, 0.3) is 0 Å². The van der Waals surface area contributed by atoms with Gasteiger partial charge in [-0.3, -0.25) is 4.79 Å². The first kappa shape index (κ1) is 11.4. The molecule has 0 fully saturated rings. The maximum atomic E-state index is 12.6. The van der Waals surface area contributed by atoms with E-state index in [-0.39, 0.29) is 0 Å².